The maximum Gasteiger partial charge on any atom is 0.472 e. The molecule has 19 heteroatoms. The van der Waals surface area contributed by atoms with Crippen molar-refractivity contribution in [1.82, 2.24) is 0 Å². The van der Waals surface area contributed by atoms with Gasteiger partial charge in [-0.2, -0.15) is 0 Å². The lowest BCUT2D eigenvalue weighted by Crippen LogP contribution is -2.30. The van der Waals surface area contributed by atoms with Gasteiger partial charge >= 0.3 is 39.5 Å². The van der Waals surface area contributed by atoms with Gasteiger partial charge in [0.15, 0.2) is 12.2 Å². The number of allylic oxidation sites excluding steroid dienone is 4. The number of phosphoric acid groups is 2. The van der Waals surface area contributed by atoms with Gasteiger partial charge in [-0.25, -0.2) is 9.13 Å². The van der Waals surface area contributed by atoms with Crippen LogP contribution in [0.5, 0.6) is 0 Å². The van der Waals surface area contributed by atoms with Crippen LogP contribution in [0.1, 0.15) is 389 Å². The van der Waals surface area contributed by atoms with Crippen LogP contribution in [0, 0.1) is 17.8 Å². The van der Waals surface area contributed by atoms with Crippen LogP contribution in [0.4, 0.5) is 0 Å². The SMILES string of the molecule is CCCCCC/C=C\C=C/CCCCCCCC(=O)OC[C@H](COP(=O)(O)OCC(O)COP(=O)(O)OC[C@@H](COC(=O)CCCCCCCCCC(C)C)OC(=O)CCCCCCCCCCCCCCCCCCCCC(C)CC)OC(=O)CCCCCCCCCCC(C)CC. The molecule has 5 unspecified atom stereocenters. The number of carbonyl (C=O) groups is 4. The Kier molecular flexibility index (Phi) is 68.1. The number of hydrogen-bond acceptors (Lipinski definition) is 15. The molecular weight excluding hydrogens is 1290 g/mol. The Morgan fingerprint density at radius 3 is 0.899 bits per heavy atom. The predicted octanol–water partition coefficient (Wildman–Crippen LogP) is 23.3. The molecular formula is C80H152O17P2. The van der Waals surface area contributed by atoms with E-state index in [0.717, 1.165) is 127 Å². The van der Waals surface area contributed by atoms with Gasteiger partial charge in [-0.1, -0.05) is 336 Å². The molecule has 0 saturated carbocycles. The molecule has 0 fully saturated rings. The van der Waals surface area contributed by atoms with Gasteiger partial charge in [0.1, 0.15) is 19.3 Å². The van der Waals surface area contributed by atoms with Crippen molar-refractivity contribution in [2.24, 2.45) is 17.8 Å². The number of carbonyl (C=O) groups excluding carboxylic acids is 4. The minimum atomic E-state index is -4.97. The first kappa shape index (κ1) is 96.5. The molecule has 0 amide bonds. The smallest absolute Gasteiger partial charge is 0.462 e. The standard InChI is InChI=1S/C80H152O17P2/c1-8-11-12-13-14-15-16-17-22-26-29-32-40-47-54-61-77(82)90-67-75(97-80(85)64-57-50-42-35-34-39-46-53-60-73(7)10-3)69-94-98(86,87)92-65-74(81)66-93-99(88,89)95-70-76(68-91-78(83)62-55-48-43-36-37-44-51-58-71(4)5)96-79(84)63-56-49-41-33-30-27-24-21-19-18-20-23-25-28-31-38-45-52-59-72(6)9-2/h15-17,22,71-76,81H,8-14,18-21,23-70H2,1-7H3,(H,86,87)(H,88,89)/b16-15-,22-17-/t72?,73?,74?,75-,76-/m1/s1. The zero-order valence-corrected chi connectivity index (χ0v) is 66.2. The molecule has 17 nitrogen and oxygen atoms in total. The molecule has 0 rings (SSSR count). The van der Waals surface area contributed by atoms with E-state index in [9.17, 15) is 43.2 Å². The largest absolute Gasteiger partial charge is 0.472 e. The Balaban J connectivity index is 5.21. The molecule has 3 N–H and O–H groups in total. The summed E-state index contributed by atoms with van der Waals surface area (Å²) in [5, 5.41) is 10.6. The summed E-state index contributed by atoms with van der Waals surface area (Å²) in [5.41, 5.74) is 0. The van der Waals surface area contributed by atoms with E-state index in [1.54, 1.807) is 0 Å². The van der Waals surface area contributed by atoms with Gasteiger partial charge in [0.05, 0.1) is 26.4 Å². The fourth-order valence-electron chi connectivity index (χ4n) is 11.7. The number of phosphoric ester groups is 2. The molecule has 0 aromatic carbocycles. The van der Waals surface area contributed by atoms with E-state index in [2.05, 4.69) is 72.8 Å². The summed E-state index contributed by atoms with van der Waals surface area (Å²) in [6.07, 6.45) is 60.6. The molecule has 99 heavy (non-hydrogen) atoms. The Hall–Kier alpha value is -2.46. The monoisotopic (exact) mass is 1450 g/mol. The van der Waals surface area contributed by atoms with E-state index in [1.165, 1.54) is 173 Å². The summed E-state index contributed by atoms with van der Waals surface area (Å²) in [5.74, 6) is 0.193. The number of esters is 4. The van der Waals surface area contributed by atoms with Crippen LogP contribution in [-0.2, 0) is 65.4 Å². The molecule has 0 aromatic heterocycles. The normalized spacial score (nSPS) is 14.7. The summed E-state index contributed by atoms with van der Waals surface area (Å²) >= 11 is 0. The van der Waals surface area contributed by atoms with Crippen LogP contribution in [0.2, 0.25) is 0 Å². The minimum absolute atomic E-state index is 0.0979. The van der Waals surface area contributed by atoms with E-state index in [0.29, 0.717) is 31.6 Å². The van der Waals surface area contributed by atoms with E-state index in [-0.39, 0.29) is 25.7 Å². The molecule has 0 heterocycles. The van der Waals surface area contributed by atoms with Crippen molar-refractivity contribution in [3.63, 3.8) is 0 Å². The van der Waals surface area contributed by atoms with Gasteiger partial charge in [-0.3, -0.25) is 37.3 Å². The summed E-state index contributed by atoms with van der Waals surface area (Å²) in [7, 11) is -9.93. The van der Waals surface area contributed by atoms with Crippen LogP contribution in [0.3, 0.4) is 0 Å². The highest BCUT2D eigenvalue weighted by Gasteiger charge is 2.30. The maximum atomic E-state index is 13.1. The van der Waals surface area contributed by atoms with Crippen molar-refractivity contribution >= 4 is 39.5 Å². The summed E-state index contributed by atoms with van der Waals surface area (Å²) in [4.78, 5) is 72.9. The van der Waals surface area contributed by atoms with Gasteiger partial charge in [-0.05, 0) is 69.1 Å². The number of hydrogen-bond donors (Lipinski definition) is 3. The number of rotatable bonds is 76. The number of unbranched alkanes of at least 4 members (excludes halogenated alkanes) is 39. The quantitative estimate of drug-likeness (QED) is 0.0169. The molecule has 0 aromatic rings. The van der Waals surface area contributed by atoms with E-state index < -0.39 is 97.5 Å². The molecule has 7 atom stereocenters. The van der Waals surface area contributed by atoms with Crippen LogP contribution < -0.4 is 0 Å². The average molecular weight is 1450 g/mol. The fourth-order valence-corrected chi connectivity index (χ4v) is 13.3. The Bertz CT molecular complexity index is 2020. The number of aliphatic hydroxyl groups is 1. The number of aliphatic hydroxyl groups excluding tert-OH is 1. The van der Waals surface area contributed by atoms with Gasteiger partial charge in [0, 0.05) is 25.7 Å². The first-order chi connectivity index (χ1) is 47.8. The second-order valence-corrected chi connectivity index (χ2v) is 32.0. The van der Waals surface area contributed by atoms with Crippen molar-refractivity contribution < 1.29 is 80.2 Å². The molecule has 0 aliphatic heterocycles. The second-order valence-electron chi connectivity index (χ2n) is 29.1. The highest BCUT2D eigenvalue weighted by atomic mass is 31.2. The van der Waals surface area contributed by atoms with Crippen LogP contribution in [0.25, 0.3) is 0 Å². The lowest BCUT2D eigenvalue weighted by molar-refractivity contribution is -0.161. The summed E-state index contributed by atoms with van der Waals surface area (Å²) in [6, 6.07) is 0. The second kappa shape index (κ2) is 69.9. The van der Waals surface area contributed by atoms with Crippen molar-refractivity contribution in [2.45, 2.75) is 407 Å². The molecule has 0 bridgehead atoms. The van der Waals surface area contributed by atoms with Crippen molar-refractivity contribution in [2.75, 3.05) is 39.6 Å². The summed E-state index contributed by atoms with van der Waals surface area (Å²) < 4.78 is 68.6. The molecule has 0 aliphatic carbocycles. The topological polar surface area (TPSA) is 237 Å². The minimum Gasteiger partial charge on any atom is -0.462 e. The van der Waals surface area contributed by atoms with Crippen molar-refractivity contribution in [3.05, 3.63) is 24.3 Å². The van der Waals surface area contributed by atoms with E-state index in [1.807, 2.05) is 0 Å². The average Bonchev–Trinajstić information content (AvgIpc) is 1.04. The zero-order valence-electron chi connectivity index (χ0n) is 64.4. The highest BCUT2D eigenvalue weighted by molar-refractivity contribution is 7.47. The molecule has 0 radical (unpaired) electrons. The summed E-state index contributed by atoms with van der Waals surface area (Å²) in [6.45, 7) is 11.9. The Morgan fingerprint density at radius 1 is 0.333 bits per heavy atom. The predicted molar refractivity (Wildman–Crippen MR) is 404 cm³/mol. The third-order valence-corrected chi connectivity index (χ3v) is 20.6. The molecule has 0 aliphatic rings. The van der Waals surface area contributed by atoms with Gasteiger partial charge < -0.3 is 33.8 Å². The van der Waals surface area contributed by atoms with Crippen LogP contribution in [0.15, 0.2) is 24.3 Å². The number of ether oxygens (including phenoxy) is 4. The van der Waals surface area contributed by atoms with Gasteiger partial charge in [0.25, 0.3) is 0 Å². The Labute approximate surface area is 605 Å². The third-order valence-electron chi connectivity index (χ3n) is 18.7. The lowest BCUT2D eigenvalue weighted by atomic mass is 9.99. The van der Waals surface area contributed by atoms with Gasteiger partial charge in [-0.15, -0.1) is 0 Å². The maximum absolute atomic E-state index is 13.1. The third kappa shape index (κ3) is 71.0. The Morgan fingerprint density at radius 2 is 0.596 bits per heavy atom. The van der Waals surface area contributed by atoms with Crippen molar-refractivity contribution in [3.8, 4) is 0 Å². The van der Waals surface area contributed by atoms with E-state index in [4.69, 9.17) is 37.0 Å². The van der Waals surface area contributed by atoms with Crippen molar-refractivity contribution in [1.29, 1.82) is 0 Å². The van der Waals surface area contributed by atoms with Crippen LogP contribution in [-0.4, -0.2) is 96.7 Å². The van der Waals surface area contributed by atoms with Crippen LogP contribution >= 0.6 is 15.6 Å². The van der Waals surface area contributed by atoms with Gasteiger partial charge in [0.2, 0.25) is 0 Å². The molecule has 0 spiro atoms. The lowest BCUT2D eigenvalue weighted by Gasteiger charge is -2.21. The zero-order chi connectivity index (χ0) is 73.0. The molecule has 584 valence electrons. The highest BCUT2D eigenvalue weighted by Crippen LogP contribution is 2.45. The first-order valence-corrected chi connectivity index (χ1v) is 43.7. The fraction of sp³-hybridized carbons (Fsp3) is 0.900. The molecule has 0 saturated heterocycles. The van der Waals surface area contributed by atoms with E-state index >= 15 is 0 Å². The first-order valence-electron chi connectivity index (χ1n) is 40.7.